The maximum Gasteiger partial charge on any atom is 0.335 e. The van der Waals surface area contributed by atoms with Crippen LogP contribution >= 0.6 is 15.9 Å². The third kappa shape index (κ3) is 3.85. The summed E-state index contributed by atoms with van der Waals surface area (Å²) in [6.07, 6.45) is 0. The number of aromatic carboxylic acids is 1. The molecule has 2 aromatic carbocycles. The second-order valence-electron chi connectivity index (χ2n) is 4.15. The van der Waals surface area contributed by atoms with Gasteiger partial charge in [-0.05, 0) is 30.3 Å². The van der Waals surface area contributed by atoms with Crippen LogP contribution in [-0.4, -0.2) is 17.0 Å². The molecule has 2 rings (SSSR count). The molecule has 2 N–H and O–H groups in total. The molecular weight excluding hydrogens is 348 g/mol. The van der Waals surface area contributed by atoms with Crippen LogP contribution < -0.4 is 5.32 Å². The summed E-state index contributed by atoms with van der Waals surface area (Å²) in [4.78, 5) is 22.8. The van der Waals surface area contributed by atoms with Crippen molar-refractivity contribution >= 4 is 33.5 Å². The van der Waals surface area contributed by atoms with Gasteiger partial charge in [-0.15, -0.1) is 0 Å². The van der Waals surface area contributed by atoms with Crippen molar-refractivity contribution in [3.05, 3.63) is 63.6 Å². The average molecular weight is 356 g/mol. The molecule has 21 heavy (non-hydrogen) atoms. The van der Waals surface area contributed by atoms with E-state index in [0.29, 0.717) is 10.5 Å². The van der Waals surface area contributed by atoms with Crippen LogP contribution in [0.3, 0.4) is 0 Å². The van der Waals surface area contributed by atoms with Gasteiger partial charge in [-0.2, -0.15) is 0 Å². The Hall–Kier alpha value is -2.28. The van der Waals surface area contributed by atoms with E-state index in [4.69, 9.17) is 5.11 Å². The van der Waals surface area contributed by atoms with E-state index in [9.17, 15) is 18.4 Å². The largest absolute Gasteiger partial charge is 0.478 e. The molecule has 108 valence electrons. The third-order valence-corrected chi connectivity index (χ3v) is 2.99. The lowest BCUT2D eigenvalue weighted by molar-refractivity contribution is 0.0696. The first-order valence-corrected chi connectivity index (χ1v) is 6.46. The Balaban J connectivity index is 2.29. The molecule has 1 amide bonds. The van der Waals surface area contributed by atoms with Gasteiger partial charge in [-0.3, -0.25) is 4.79 Å². The van der Waals surface area contributed by atoms with E-state index < -0.39 is 23.5 Å². The predicted octanol–water partition coefficient (Wildman–Crippen LogP) is 3.68. The van der Waals surface area contributed by atoms with Crippen molar-refractivity contribution in [3.63, 3.8) is 0 Å². The van der Waals surface area contributed by atoms with Crippen molar-refractivity contribution in [1.29, 1.82) is 0 Å². The summed E-state index contributed by atoms with van der Waals surface area (Å²) in [5.41, 5.74) is -0.0501. The summed E-state index contributed by atoms with van der Waals surface area (Å²) in [7, 11) is 0. The van der Waals surface area contributed by atoms with Gasteiger partial charge >= 0.3 is 5.97 Å². The van der Waals surface area contributed by atoms with Crippen molar-refractivity contribution in [2.75, 3.05) is 5.32 Å². The maximum atomic E-state index is 13.1. The summed E-state index contributed by atoms with van der Waals surface area (Å²) >= 11 is 3.12. The fourth-order valence-corrected chi connectivity index (χ4v) is 2.17. The zero-order chi connectivity index (χ0) is 15.6. The molecule has 0 saturated carbocycles. The van der Waals surface area contributed by atoms with Crippen LogP contribution in [-0.2, 0) is 0 Å². The van der Waals surface area contributed by atoms with E-state index in [0.717, 1.165) is 12.1 Å². The van der Waals surface area contributed by atoms with Crippen molar-refractivity contribution in [2.24, 2.45) is 0 Å². The highest BCUT2D eigenvalue weighted by Crippen LogP contribution is 2.20. The first-order chi connectivity index (χ1) is 9.85. The quantitative estimate of drug-likeness (QED) is 0.882. The van der Waals surface area contributed by atoms with Crippen LogP contribution in [0.5, 0.6) is 0 Å². The molecule has 0 bridgehead atoms. The van der Waals surface area contributed by atoms with E-state index in [1.54, 1.807) is 0 Å². The molecule has 4 nitrogen and oxygen atoms in total. The molecule has 0 aromatic heterocycles. The maximum absolute atomic E-state index is 13.1. The topological polar surface area (TPSA) is 66.4 Å². The second-order valence-corrected chi connectivity index (χ2v) is 5.06. The van der Waals surface area contributed by atoms with Crippen molar-refractivity contribution in [1.82, 2.24) is 0 Å². The van der Waals surface area contributed by atoms with Crippen molar-refractivity contribution in [3.8, 4) is 0 Å². The predicted molar refractivity (Wildman–Crippen MR) is 75.4 cm³/mol. The van der Waals surface area contributed by atoms with Gasteiger partial charge in [0.1, 0.15) is 11.6 Å². The number of rotatable bonds is 3. The van der Waals surface area contributed by atoms with Gasteiger partial charge in [0.15, 0.2) is 0 Å². The van der Waals surface area contributed by atoms with Crippen LogP contribution in [0.1, 0.15) is 20.7 Å². The Kier molecular flexibility index (Phi) is 4.32. The molecular formula is C14H8BrF2NO3. The van der Waals surface area contributed by atoms with E-state index in [-0.39, 0.29) is 16.8 Å². The molecule has 0 aliphatic heterocycles. The van der Waals surface area contributed by atoms with Gasteiger partial charge in [-0.25, -0.2) is 13.6 Å². The van der Waals surface area contributed by atoms with Gasteiger partial charge in [-0.1, -0.05) is 15.9 Å². The summed E-state index contributed by atoms with van der Waals surface area (Å²) in [5.74, 6) is -3.66. The number of carboxylic acid groups (broad SMARTS) is 1. The number of hydrogen-bond acceptors (Lipinski definition) is 2. The number of carboxylic acids is 1. The van der Waals surface area contributed by atoms with Crippen LogP contribution in [0.4, 0.5) is 14.5 Å². The number of carbonyl (C=O) groups is 2. The van der Waals surface area contributed by atoms with Gasteiger partial charge in [0.2, 0.25) is 0 Å². The standard InChI is InChI=1S/C14H8BrF2NO3/c15-9-1-8(14(20)21)4-12(5-9)18-13(19)7-2-10(16)6-11(17)3-7/h1-6H,(H,18,19)(H,20,21). The van der Waals surface area contributed by atoms with E-state index in [1.807, 2.05) is 0 Å². The Morgan fingerprint density at radius 2 is 1.57 bits per heavy atom. The first-order valence-electron chi connectivity index (χ1n) is 5.66. The molecule has 0 spiro atoms. The van der Waals surface area contributed by atoms with E-state index in [2.05, 4.69) is 21.2 Å². The highest BCUT2D eigenvalue weighted by molar-refractivity contribution is 9.10. The third-order valence-electron chi connectivity index (χ3n) is 2.53. The molecule has 0 aliphatic rings. The Bertz CT molecular complexity index is 714. The molecule has 7 heteroatoms. The molecule has 0 saturated heterocycles. The summed E-state index contributed by atoms with van der Waals surface area (Å²) in [6, 6.07) is 6.49. The van der Waals surface area contributed by atoms with Crippen LogP contribution in [0.25, 0.3) is 0 Å². The minimum Gasteiger partial charge on any atom is -0.478 e. The number of carbonyl (C=O) groups excluding carboxylic acids is 1. The Morgan fingerprint density at radius 3 is 2.14 bits per heavy atom. The number of halogens is 3. The van der Waals surface area contributed by atoms with Crippen LogP contribution in [0.15, 0.2) is 40.9 Å². The SMILES string of the molecule is O=C(O)c1cc(Br)cc(NC(=O)c2cc(F)cc(F)c2)c1. The van der Waals surface area contributed by atoms with E-state index in [1.165, 1.54) is 18.2 Å². The van der Waals surface area contributed by atoms with Crippen LogP contribution in [0.2, 0.25) is 0 Å². The lowest BCUT2D eigenvalue weighted by Gasteiger charge is -2.07. The van der Waals surface area contributed by atoms with Gasteiger partial charge < -0.3 is 10.4 Å². The molecule has 2 aromatic rings. The zero-order valence-electron chi connectivity index (χ0n) is 10.4. The van der Waals surface area contributed by atoms with Gasteiger partial charge in [0.05, 0.1) is 5.56 Å². The molecule has 0 fully saturated rings. The molecule has 0 atom stereocenters. The number of hydrogen-bond donors (Lipinski definition) is 2. The Labute approximate surface area is 126 Å². The summed E-state index contributed by atoms with van der Waals surface area (Å²) in [6.45, 7) is 0. The second kappa shape index (κ2) is 6.01. The fraction of sp³-hybridized carbons (Fsp3) is 0. The van der Waals surface area contributed by atoms with E-state index >= 15 is 0 Å². The monoisotopic (exact) mass is 355 g/mol. The fourth-order valence-electron chi connectivity index (χ4n) is 1.67. The minimum atomic E-state index is -1.16. The smallest absolute Gasteiger partial charge is 0.335 e. The molecule has 0 heterocycles. The molecule has 0 unspecified atom stereocenters. The summed E-state index contributed by atoms with van der Waals surface area (Å²) in [5, 5.41) is 11.3. The first kappa shape index (κ1) is 15.1. The zero-order valence-corrected chi connectivity index (χ0v) is 11.9. The lowest BCUT2D eigenvalue weighted by Crippen LogP contribution is -2.13. The number of benzene rings is 2. The Morgan fingerprint density at radius 1 is 0.952 bits per heavy atom. The van der Waals surface area contributed by atoms with Crippen molar-refractivity contribution < 1.29 is 23.5 Å². The average Bonchev–Trinajstić information content (AvgIpc) is 2.36. The highest BCUT2D eigenvalue weighted by Gasteiger charge is 2.12. The van der Waals surface area contributed by atoms with Gasteiger partial charge in [0, 0.05) is 21.8 Å². The normalized spacial score (nSPS) is 10.2. The highest BCUT2D eigenvalue weighted by atomic mass is 79.9. The van der Waals surface area contributed by atoms with Crippen molar-refractivity contribution in [2.45, 2.75) is 0 Å². The van der Waals surface area contributed by atoms with Gasteiger partial charge in [0.25, 0.3) is 5.91 Å². The van der Waals surface area contributed by atoms with Crippen LogP contribution in [0, 0.1) is 11.6 Å². The summed E-state index contributed by atoms with van der Waals surface area (Å²) < 4.78 is 26.6. The lowest BCUT2D eigenvalue weighted by atomic mass is 10.1. The number of anilines is 1. The number of amides is 1. The minimum absolute atomic E-state index is 0.0369. The molecule has 0 aliphatic carbocycles. The number of nitrogens with one attached hydrogen (secondary N) is 1. The molecule has 0 radical (unpaired) electrons.